The van der Waals surface area contributed by atoms with E-state index in [1.54, 1.807) is 6.07 Å². The first kappa shape index (κ1) is 24.7. The number of aliphatic hydroxyl groups is 1. The summed E-state index contributed by atoms with van der Waals surface area (Å²) in [7, 11) is 0. The summed E-state index contributed by atoms with van der Waals surface area (Å²) >= 11 is 6.24. The molecule has 1 N–H and O–H groups in total. The van der Waals surface area contributed by atoms with Gasteiger partial charge in [0.1, 0.15) is 24.4 Å². The SMILES string of the molecule is CC(=O)OCC12C(OC(C)=O)CC(C)C3(CC(c4ccoc4)OC3=O)C1CCC(=O)C2(O)CCl. The molecule has 9 nitrogen and oxygen atoms in total. The van der Waals surface area contributed by atoms with E-state index in [4.69, 9.17) is 30.2 Å². The van der Waals surface area contributed by atoms with Gasteiger partial charge >= 0.3 is 17.9 Å². The molecule has 186 valence electrons. The minimum absolute atomic E-state index is 0.0272. The Kier molecular flexibility index (Phi) is 6.31. The van der Waals surface area contributed by atoms with Gasteiger partial charge in [-0.3, -0.25) is 19.2 Å². The molecule has 2 saturated carbocycles. The van der Waals surface area contributed by atoms with Gasteiger partial charge in [0, 0.05) is 32.3 Å². The summed E-state index contributed by atoms with van der Waals surface area (Å²) < 4.78 is 22.1. The highest BCUT2D eigenvalue weighted by atomic mass is 35.5. The average Bonchev–Trinajstić information content (AvgIpc) is 3.42. The fourth-order valence-corrected chi connectivity index (χ4v) is 7.07. The fourth-order valence-electron chi connectivity index (χ4n) is 6.67. The third kappa shape index (κ3) is 3.39. The molecule has 0 radical (unpaired) electrons. The molecule has 0 amide bonds. The number of carbonyl (C=O) groups excluding carboxylic acids is 4. The van der Waals surface area contributed by atoms with E-state index in [1.807, 2.05) is 6.92 Å². The Morgan fingerprint density at radius 3 is 2.59 bits per heavy atom. The molecule has 1 spiro atoms. The second-order valence-corrected chi connectivity index (χ2v) is 10.0. The first-order valence-electron chi connectivity index (χ1n) is 11.4. The maximum Gasteiger partial charge on any atom is 0.313 e. The number of Topliss-reactive ketones (excluding diaryl/α,β-unsaturated/α-hetero) is 1. The molecular formula is C24H29ClO9. The summed E-state index contributed by atoms with van der Waals surface area (Å²) in [5.41, 5.74) is -4.24. The summed E-state index contributed by atoms with van der Waals surface area (Å²) in [6, 6.07) is 1.72. The van der Waals surface area contributed by atoms with Crippen LogP contribution in [0.15, 0.2) is 23.0 Å². The van der Waals surface area contributed by atoms with Gasteiger partial charge in [-0.15, -0.1) is 11.6 Å². The summed E-state index contributed by atoms with van der Waals surface area (Å²) in [6.45, 7) is 3.88. The van der Waals surface area contributed by atoms with Crippen molar-refractivity contribution in [3.8, 4) is 0 Å². The van der Waals surface area contributed by atoms with Crippen LogP contribution >= 0.6 is 11.6 Å². The lowest BCUT2D eigenvalue weighted by molar-refractivity contribution is -0.255. The standard InChI is InChI=1S/C24H29ClO9/c1-13-8-20(33-15(3)27)23(12-32-14(2)26)18(4-5-19(28)24(23,30)11-25)22(13)9-17(34-21(22)29)16-6-7-31-10-16/h6-7,10,13,17-18,20,30H,4-5,8-9,11-12H2,1-3H3. The van der Waals surface area contributed by atoms with Gasteiger partial charge in [-0.1, -0.05) is 6.92 Å². The molecule has 3 aliphatic rings. The van der Waals surface area contributed by atoms with Crippen molar-refractivity contribution >= 4 is 35.3 Å². The molecule has 7 unspecified atom stereocenters. The molecule has 3 fully saturated rings. The lowest BCUT2D eigenvalue weighted by Crippen LogP contribution is -2.75. The van der Waals surface area contributed by atoms with E-state index in [2.05, 4.69) is 0 Å². The third-order valence-corrected chi connectivity index (χ3v) is 8.63. The van der Waals surface area contributed by atoms with Crippen molar-refractivity contribution in [2.45, 2.75) is 64.3 Å². The van der Waals surface area contributed by atoms with Crippen LogP contribution in [0.3, 0.4) is 0 Å². The fraction of sp³-hybridized carbons (Fsp3) is 0.667. The van der Waals surface area contributed by atoms with E-state index in [0.29, 0.717) is 5.56 Å². The molecule has 0 aromatic carbocycles. The largest absolute Gasteiger partial charge is 0.472 e. The maximum absolute atomic E-state index is 13.6. The van der Waals surface area contributed by atoms with Gasteiger partial charge in [-0.2, -0.15) is 0 Å². The topological polar surface area (TPSA) is 129 Å². The number of fused-ring (bicyclic) bond motifs is 2. The zero-order valence-corrected chi connectivity index (χ0v) is 20.1. The molecule has 10 heteroatoms. The van der Waals surface area contributed by atoms with Gasteiger partial charge in [-0.05, 0) is 30.7 Å². The highest BCUT2D eigenvalue weighted by molar-refractivity contribution is 6.21. The Bertz CT molecular complexity index is 991. The molecule has 1 saturated heterocycles. The molecule has 0 bridgehead atoms. The number of halogens is 1. The number of alkyl halides is 1. The van der Waals surface area contributed by atoms with Crippen molar-refractivity contribution in [2.75, 3.05) is 12.5 Å². The lowest BCUT2D eigenvalue weighted by atomic mass is 9.41. The van der Waals surface area contributed by atoms with Gasteiger partial charge in [-0.25, -0.2) is 0 Å². The Balaban J connectivity index is 1.91. The second kappa shape index (κ2) is 8.68. The Morgan fingerprint density at radius 1 is 1.26 bits per heavy atom. The smallest absolute Gasteiger partial charge is 0.313 e. The van der Waals surface area contributed by atoms with Gasteiger partial charge < -0.3 is 23.7 Å². The van der Waals surface area contributed by atoms with E-state index in [9.17, 15) is 24.3 Å². The molecule has 1 aromatic heterocycles. The minimum atomic E-state index is -2.19. The minimum Gasteiger partial charge on any atom is -0.472 e. The number of esters is 3. The number of furan rings is 1. The Morgan fingerprint density at radius 2 is 2.00 bits per heavy atom. The number of rotatable bonds is 5. The van der Waals surface area contributed by atoms with Crippen LogP contribution in [-0.2, 0) is 33.4 Å². The first-order valence-corrected chi connectivity index (χ1v) is 11.9. The molecule has 1 aromatic rings. The zero-order valence-electron chi connectivity index (χ0n) is 19.4. The van der Waals surface area contributed by atoms with Crippen molar-refractivity contribution in [3.63, 3.8) is 0 Å². The maximum atomic E-state index is 13.6. The second-order valence-electron chi connectivity index (χ2n) is 9.76. The number of hydrogen-bond donors (Lipinski definition) is 1. The third-order valence-electron chi connectivity index (χ3n) is 8.24. The molecular weight excluding hydrogens is 468 g/mol. The van der Waals surface area contributed by atoms with Crippen LogP contribution in [0.25, 0.3) is 0 Å². The van der Waals surface area contributed by atoms with Crippen molar-refractivity contribution in [2.24, 2.45) is 22.7 Å². The summed E-state index contributed by atoms with van der Waals surface area (Å²) in [5.74, 6) is -3.80. The average molecular weight is 497 g/mol. The highest BCUT2D eigenvalue weighted by Crippen LogP contribution is 2.67. The van der Waals surface area contributed by atoms with E-state index in [1.165, 1.54) is 26.4 Å². The molecule has 1 aliphatic heterocycles. The van der Waals surface area contributed by atoms with E-state index in [-0.39, 0.29) is 31.6 Å². The van der Waals surface area contributed by atoms with Crippen molar-refractivity contribution < 1.29 is 42.9 Å². The number of hydrogen-bond acceptors (Lipinski definition) is 9. The van der Waals surface area contributed by atoms with Crippen LogP contribution < -0.4 is 0 Å². The number of ether oxygens (including phenoxy) is 3. The predicted molar refractivity (Wildman–Crippen MR) is 116 cm³/mol. The summed E-state index contributed by atoms with van der Waals surface area (Å²) in [5, 5.41) is 11.8. The van der Waals surface area contributed by atoms with Crippen LogP contribution in [0.5, 0.6) is 0 Å². The van der Waals surface area contributed by atoms with Crippen LogP contribution in [0.4, 0.5) is 0 Å². The monoisotopic (exact) mass is 496 g/mol. The lowest BCUT2D eigenvalue weighted by Gasteiger charge is -2.63. The molecule has 4 rings (SSSR count). The van der Waals surface area contributed by atoms with E-state index >= 15 is 0 Å². The summed E-state index contributed by atoms with van der Waals surface area (Å²) in [6.07, 6.45) is 2.03. The summed E-state index contributed by atoms with van der Waals surface area (Å²) in [4.78, 5) is 50.8. The number of cyclic esters (lactones) is 1. The number of ketones is 1. The normalized spacial score (nSPS) is 39.4. The Hall–Kier alpha value is -2.39. The zero-order chi connectivity index (χ0) is 24.9. The Labute approximate surface area is 202 Å². The van der Waals surface area contributed by atoms with Crippen LogP contribution in [0.1, 0.15) is 58.1 Å². The van der Waals surface area contributed by atoms with Crippen LogP contribution in [0, 0.1) is 22.7 Å². The molecule has 2 heterocycles. The highest BCUT2D eigenvalue weighted by Gasteiger charge is 2.76. The van der Waals surface area contributed by atoms with Gasteiger partial charge in [0.2, 0.25) is 0 Å². The van der Waals surface area contributed by atoms with Crippen molar-refractivity contribution in [1.82, 2.24) is 0 Å². The van der Waals surface area contributed by atoms with Gasteiger partial charge in [0.05, 0.1) is 29.2 Å². The van der Waals surface area contributed by atoms with Gasteiger partial charge in [0.15, 0.2) is 5.78 Å². The van der Waals surface area contributed by atoms with Crippen LogP contribution in [-0.4, -0.2) is 53.0 Å². The van der Waals surface area contributed by atoms with Crippen molar-refractivity contribution in [3.05, 3.63) is 24.2 Å². The molecule has 34 heavy (non-hydrogen) atoms. The van der Waals surface area contributed by atoms with E-state index in [0.717, 1.165) is 0 Å². The number of carbonyl (C=O) groups is 4. The molecule has 7 atom stereocenters. The van der Waals surface area contributed by atoms with Gasteiger partial charge in [0.25, 0.3) is 0 Å². The quantitative estimate of drug-likeness (QED) is 0.371. The van der Waals surface area contributed by atoms with E-state index < -0.39 is 70.7 Å². The first-order chi connectivity index (χ1) is 16.0. The molecule has 2 aliphatic carbocycles. The van der Waals surface area contributed by atoms with Crippen LogP contribution in [0.2, 0.25) is 0 Å². The van der Waals surface area contributed by atoms with Crippen molar-refractivity contribution in [1.29, 1.82) is 0 Å². The predicted octanol–water partition coefficient (Wildman–Crippen LogP) is 2.72.